The molecule has 0 radical (unpaired) electrons. The molecule has 0 bridgehead atoms. The number of hydrogen-bond donors (Lipinski definition) is 1. The molecule has 2 aromatic carbocycles. The molecule has 1 unspecified atom stereocenters. The summed E-state index contributed by atoms with van der Waals surface area (Å²) in [4.78, 5) is 16.6. The van der Waals surface area contributed by atoms with Gasteiger partial charge in [-0.2, -0.15) is 4.98 Å². The van der Waals surface area contributed by atoms with Gasteiger partial charge >= 0.3 is 0 Å². The highest BCUT2D eigenvalue weighted by Gasteiger charge is 2.18. The first-order valence-electron chi connectivity index (χ1n) is 8.53. The van der Waals surface area contributed by atoms with Crippen LogP contribution in [0.1, 0.15) is 23.9 Å². The van der Waals surface area contributed by atoms with E-state index in [1.807, 2.05) is 44.2 Å². The van der Waals surface area contributed by atoms with Crippen LogP contribution in [0.5, 0.6) is 5.75 Å². The lowest BCUT2D eigenvalue weighted by Gasteiger charge is -2.16. The third-order valence-electron chi connectivity index (χ3n) is 4.22. The Kier molecular flexibility index (Phi) is 5.76. The summed E-state index contributed by atoms with van der Waals surface area (Å²) in [5.74, 6) is 1.09. The number of nitrogens with zero attached hydrogens (tertiary/aromatic N) is 2. The van der Waals surface area contributed by atoms with Crippen molar-refractivity contribution in [2.45, 2.75) is 33.4 Å². The largest absolute Gasteiger partial charge is 0.481 e. The molecule has 1 aromatic heterocycles. The summed E-state index contributed by atoms with van der Waals surface area (Å²) in [5.41, 5.74) is 2.80. The van der Waals surface area contributed by atoms with E-state index < -0.39 is 6.10 Å². The van der Waals surface area contributed by atoms with Gasteiger partial charge in [0.15, 0.2) is 6.10 Å². The Morgan fingerprint density at radius 2 is 2.00 bits per heavy atom. The van der Waals surface area contributed by atoms with Crippen LogP contribution in [0.3, 0.4) is 0 Å². The quantitative estimate of drug-likeness (QED) is 0.691. The molecule has 1 heterocycles. The van der Waals surface area contributed by atoms with Gasteiger partial charge in [0, 0.05) is 5.56 Å². The molecular formula is C20H20ClN3O3. The van der Waals surface area contributed by atoms with E-state index in [0.29, 0.717) is 22.2 Å². The van der Waals surface area contributed by atoms with E-state index >= 15 is 0 Å². The number of ether oxygens (including phenoxy) is 1. The normalized spacial score (nSPS) is 11.9. The molecule has 3 aromatic rings. The van der Waals surface area contributed by atoms with Gasteiger partial charge in [-0.1, -0.05) is 41.0 Å². The minimum Gasteiger partial charge on any atom is -0.481 e. The first kappa shape index (κ1) is 18.9. The molecular weight excluding hydrogens is 366 g/mol. The van der Waals surface area contributed by atoms with Crippen molar-refractivity contribution in [3.05, 3.63) is 64.5 Å². The Labute approximate surface area is 162 Å². The highest BCUT2D eigenvalue weighted by molar-refractivity contribution is 6.33. The van der Waals surface area contributed by atoms with Crippen LogP contribution < -0.4 is 10.1 Å². The molecule has 1 amide bonds. The Balaban J connectivity index is 1.59. The molecule has 27 heavy (non-hydrogen) atoms. The highest BCUT2D eigenvalue weighted by atomic mass is 35.5. The lowest BCUT2D eigenvalue weighted by molar-refractivity contribution is -0.127. The number of aryl methyl sites for hydroxylation is 1. The van der Waals surface area contributed by atoms with Crippen molar-refractivity contribution >= 4 is 17.5 Å². The maximum Gasteiger partial charge on any atom is 0.261 e. The predicted octanol–water partition coefficient (Wildman–Crippen LogP) is 4.09. The molecule has 0 fully saturated rings. The fourth-order valence-electron chi connectivity index (χ4n) is 2.48. The molecule has 3 rings (SSSR count). The maximum absolute atomic E-state index is 12.3. The van der Waals surface area contributed by atoms with Crippen LogP contribution in [0.4, 0.5) is 0 Å². The van der Waals surface area contributed by atoms with Crippen LogP contribution in [0.25, 0.3) is 11.4 Å². The van der Waals surface area contributed by atoms with Gasteiger partial charge in [0.1, 0.15) is 5.75 Å². The summed E-state index contributed by atoms with van der Waals surface area (Å²) in [6.07, 6.45) is -0.656. The number of rotatable bonds is 6. The number of amides is 1. The van der Waals surface area contributed by atoms with E-state index in [4.69, 9.17) is 20.9 Å². The summed E-state index contributed by atoms with van der Waals surface area (Å²) in [5, 5.41) is 7.18. The summed E-state index contributed by atoms with van der Waals surface area (Å²) in [7, 11) is 0. The zero-order valence-electron chi connectivity index (χ0n) is 15.3. The first-order valence-corrected chi connectivity index (χ1v) is 8.91. The van der Waals surface area contributed by atoms with E-state index in [-0.39, 0.29) is 18.3 Å². The molecule has 1 atom stereocenters. The Morgan fingerprint density at radius 3 is 2.78 bits per heavy atom. The number of benzene rings is 2. The fraction of sp³-hybridized carbons (Fsp3) is 0.250. The zero-order valence-corrected chi connectivity index (χ0v) is 16.1. The molecule has 6 nitrogen and oxygen atoms in total. The average Bonchev–Trinajstić information content (AvgIpc) is 3.12. The van der Waals surface area contributed by atoms with Gasteiger partial charge in [0.05, 0.1) is 11.6 Å². The van der Waals surface area contributed by atoms with Gasteiger partial charge in [-0.3, -0.25) is 4.79 Å². The molecule has 0 aliphatic carbocycles. The van der Waals surface area contributed by atoms with Crippen LogP contribution in [0, 0.1) is 13.8 Å². The maximum atomic E-state index is 12.3. The minimum atomic E-state index is -0.656. The van der Waals surface area contributed by atoms with E-state index in [9.17, 15) is 4.79 Å². The lowest BCUT2D eigenvalue weighted by Crippen LogP contribution is -2.36. The van der Waals surface area contributed by atoms with Crippen LogP contribution >= 0.6 is 11.6 Å². The van der Waals surface area contributed by atoms with Gasteiger partial charge in [-0.25, -0.2) is 0 Å². The number of nitrogens with one attached hydrogen (secondary N) is 1. The van der Waals surface area contributed by atoms with Crippen molar-refractivity contribution in [2.24, 2.45) is 0 Å². The van der Waals surface area contributed by atoms with Crippen LogP contribution in [0.15, 0.2) is 47.0 Å². The number of carbonyl (C=O) groups excluding carboxylic acids is 1. The molecule has 0 spiro atoms. The lowest BCUT2D eigenvalue weighted by atomic mass is 10.1. The topological polar surface area (TPSA) is 77.2 Å². The van der Waals surface area contributed by atoms with Crippen molar-refractivity contribution in [2.75, 3.05) is 0 Å². The SMILES string of the molecule is Cc1cccc(OC(C)C(=O)NCc2nc(-c3ccccc3Cl)no2)c1C. The van der Waals surface area contributed by atoms with Crippen molar-refractivity contribution in [1.82, 2.24) is 15.5 Å². The second-order valence-corrected chi connectivity index (χ2v) is 6.57. The molecule has 0 saturated heterocycles. The van der Waals surface area contributed by atoms with Crippen LogP contribution in [-0.4, -0.2) is 22.2 Å². The van der Waals surface area contributed by atoms with E-state index in [1.165, 1.54) is 0 Å². The van der Waals surface area contributed by atoms with Gasteiger partial charge in [-0.15, -0.1) is 0 Å². The summed E-state index contributed by atoms with van der Waals surface area (Å²) in [6.45, 7) is 5.76. The summed E-state index contributed by atoms with van der Waals surface area (Å²) in [6, 6.07) is 13.0. The number of aromatic nitrogens is 2. The van der Waals surface area contributed by atoms with Crippen molar-refractivity contribution in [3.8, 4) is 17.1 Å². The molecule has 0 aliphatic rings. The van der Waals surface area contributed by atoms with Crippen LogP contribution in [-0.2, 0) is 11.3 Å². The smallest absolute Gasteiger partial charge is 0.261 e. The Bertz CT molecular complexity index is 955. The molecule has 140 valence electrons. The predicted molar refractivity (Wildman–Crippen MR) is 103 cm³/mol. The van der Waals surface area contributed by atoms with Gasteiger partial charge in [-0.05, 0) is 50.1 Å². The molecule has 1 N–H and O–H groups in total. The third-order valence-corrected chi connectivity index (χ3v) is 4.55. The zero-order chi connectivity index (χ0) is 19.4. The number of carbonyl (C=O) groups is 1. The van der Waals surface area contributed by atoms with Crippen molar-refractivity contribution in [3.63, 3.8) is 0 Å². The molecule has 0 saturated carbocycles. The third kappa shape index (κ3) is 4.46. The van der Waals surface area contributed by atoms with Crippen LogP contribution in [0.2, 0.25) is 5.02 Å². The fourth-order valence-corrected chi connectivity index (χ4v) is 2.70. The number of hydrogen-bond acceptors (Lipinski definition) is 5. The van der Waals surface area contributed by atoms with E-state index in [1.54, 1.807) is 19.1 Å². The van der Waals surface area contributed by atoms with Gasteiger partial charge in [0.25, 0.3) is 5.91 Å². The number of halogens is 1. The van der Waals surface area contributed by atoms with Gasteiger partial charge in [0.2, 0.25) is 11.7 Å². The Morgan fingerprint density at radius 1 is 1.22 bits per heavy atom. The van der Waals surface area contributed by atoms with E-state index in [2.05, 4.69) is 15.5 Å². The highest BCUT2D eigenvalue weighted by Crippen LogP contribution is 2.25. The van der Waals surface area contributed by atoms with Crippen molar-refractivity contribution in [1.29, 1.82) is 0 Å². The van der Waals surface area contributed by atoms with E-state index in [0.717, 1.165) is 11.1 Å². The summed E-state index contributed by atoms with van der Waals surface area (Å²) < 4.78 is 11.0. The average molecular weight is 386 g/mol. The Hall–Kier alpha value is -2.86. The minimum absolute atomic E-state index is 0.108. The van der Waals surface area contributed by atoms with Crippen molar-refractivity contribution < 1.29 is 14.1 Å². The second-order valence-electron chi connectivity index (χ2n) is 6.17. The summed E-state index contributed by atoms with van der Waals surface area (Å²) >= 11 is 6.13. The second kappa shape index (κ2) is 8.22. The standard InChI is InChI=1S/C20H20ClN3O3/c1-12-7-6-10-17(13(12)2)26-14(3)20(25)22-11-18-23-19(24-27-18)15-8-4-5-9-16(15)21/h4-10,14H,11H2,1-3H3,(H,22,25). The first-order chi connectivity index (χ1) is 13.0. The molecule has 7 heteroatoms. The molecule has 0 aliphatic heterocycles. The monoisotopic (exact) mass is 385 g/mol. The van der Waals surface area contributed by atoms with Gasteiger partial charge < -0.3 is 14.6 Å².